The van der Waals surface area contributed by atoms with Crippen molar-refractivity contribution in [3.05, 3.63) is 18.2 Å². The van der Waals surface area contributed by atoms with Gasteiger partial charge in [-0.15, -0.1) is 0 Å². The van der Waals surface area contributed by atoms with Gasteiger partial charge in [0.05, 0.1) is 14.2 Å². The summed E-state index contributed by atoms with van der Waals surface area (Å²) in [4.78, 5) is 6.78. The maximum atomic E-state index is 5.40. The molecule has 6 nitrogen and oxygen atoms in total. The number of anilines is 1. The Kier molecular flexibility index (Phi) is 7.07. The zero-order valence-corrected chi connectivity index (χ0v) is 17.0. The molecule has 0 atom stereocenters. The van der Waals surface area contributed by atoms with Gasteiger partial charge in [0, 0.05) is 56.6 Å². The summed E-state index contributed by atoms with van der Waals surface area (Å²) >= 11 is 0. The lowest BCUT2D eigenvalue weighted by molar-refractivity contribution is 0.393. The standard InChI is InChI=1S/C21H34N4O2/c1-22-21(23-10-4-5-16-6-7-16)24-17-8-11-25(12-9-17)18-13-19(26-2)15-20(14-18)27-3/h13-17H,4-12H2,1-3H3,(H2,22,23,24). The highest BCUT2D eigenvalue weighted by molar-refractivity contribution is 5.80. The molecule has 0 aromatic heterocycles. The average molecular weight is 375 g/mol. The van der Waals surface area contributed by atoms with E-state index in [2.05, 4.69) is 32.7 Å². The SMILES string of the molecule is CN=C(NCCCC1CC1)NC1CCN(c2cc(OC)cc(OC)c2)CC1. The molecule has 1 aliphatic heterocycles. The number of nitrogens with one attached hydrogen (secondary N) is 2. The smallest absolute Gasteiger partial charge is 0.191 e. The molecule has 1 aromatic carbocycles. The summed E-state index contributed by atoms with van der Waals surface area (Å²) in [6, 6.07) is 6.53. The van der Waals surface area contributed by atoms with Crippen LogP contribution in [0.15, 0.2) is 23.2 Å². The normalized spacial score (nSPS) is 18.3. The molecule has 1 saturated carbocycles. The van der Waals surface area contributed by atoms with Crippen molar-refractivity contribution in [2.24, 2.45) is 10.9 Å². The monoisotopic (exact) mass is 374 g/mol. The van der Waals surface area contributed by atoms with E-state index in [1.807, 2.05) is 13.1 Å². The highest BCUT2D eigenvalue weighted by atomic mass is 16.5. The average Bonchev–Trinajstić information content (AvgIpc) is 3.54. The summed E-state index contributed by atoms with van der Waals surface area (Å²) in [5, 5.41) is 7.05. The van der Waals surface area contributed by atoms with E-state index in [1.54, 1.807) is 14.2 Å². The maximum Gasteiger partial charge on any atom is 0.191 e. The first-order valence-electron chi connectivity index (χ1n) is 10.2. The molecule has 0 spiro atoms. The predicted octanol–water partition coefficient (Wildman–Crippen LogP) is 3.03. The third-order valence-corrected chi connectivity index (χ3v) is 5.54. The Hall–Kier alpha value is -2.11. The van der Waals surface area contributed by atoms with E-state index in [0.29, 0.717) is 6.04 Å². The topological polar surface area (TPSA) is 58.1 Å². The van der Waals surface area contributed by atoms with Gasteiger partial charge in [-0.2, -0.15) is 0 Å². The van der Waals surface area contributed by atoms with Gasteiger partial charge in [0.1, 0.15) is 11.5 Å². The molecule has 1 heterocycles. The van der Waals surface area contributed by atoms with Crippen LogP contribution in [0, 0.1) is 5.92 Å². The lowest BCUT2D eigenvalue weighted by Gasteiger charge is -2.34. The second kappa shape index (κ2) is 9.72. The maximum absolute atomic E-state index is 5.40. The van der Waals surface area contributed by atoms with E-state index >= 15 is 0 Å². The first-order valence-corrected chi connectivity index (χ1v) is 10.2. The van der Waals surface area contributed by atoms with E-state index in [1.165, 1.54) is 25.7 Å². The zero-order chi connectivity index (χ0) is 19.1. The van der Waals surface area contributed by atoms with Crippen LogP contribution < -0.4 is 25.0 Å². The van der Waals surface area contributed by atoms with Gasteiger partial charge >= 0.3 is 0 Å². The molecule has 2 fully saturated rings. The van der Waals surface area contributed by atoms with Crippen molar-refractivity contribution in [3.63, 3.8) is 0 Å². The molecule has 1 saturated heterocycles. The number of rotatable bonds is 8. The van der Waals surface area contributed by atoms with Gasteiger partial charge in [-0.1, -0.05) is 12.8 Å². The first kappa shape index (κ1) is 19.6. The van der Waals surface area contributed by atoms with E-state index in [4.69, 9.17) is 9.47 Å². The summed E-state index contributed by atoms with van der Waals surface area (Å²) in [5.41, 5.74) is 1.16. The van der Waals surface area contributed by atoms with Crippen LogP contribution in [0.4, 0.5) is 5.69 Å². The number of aliphatic imine (C=N–C) groups is 1. The number of ether oxygens (including phenoxy) is 2. The molecule has 27 heavy (non-hydrogen) atoms. The number of guanidine groups is 1. The largest absolute Gasteiger partial charge is 0.497 e. The van der Waals surface area contributed by atoms with Crippen molar-refractivity contribution in [2.75, 3.05) is 45.8 Å². The van der Waals surface area contributed by atoms with E-state index in [-0.39, 0.29) is 0 Å². The molecule has 1 aromatic rings. The predicted molar refractivity (Wildman–Crippen MR) is 111 cm³/mol. The highest BCUT2D eigenvalue weighted by Gasteiger charge is 2.22. The Bertz CT molecular complexity index is 600. The number of hydrogen-bond acceptors (Lipinski definition) is 4. The van der Waals surface area contributed by atoms with Crippen LogP contribution in [0.3, 0.4) is 0 Å². The van der Waals surface area contributed by atoms with Gasteiger partial charge in [-0.05, 0) is 31.6 Å². The van der Waals surface area contributed by atoms with Crippen molar-refractivity contribution in [1.82, 2.24) is 10.6 Å². The van der Waals surface area contributed by atoms with Crippen LogP contribution in [-0.4, -0.2) is 52.9 Å². The third kappa shape index (κ3) is 5.94. The number of piperidine rings is 1. The summed E-state index contributed by atoms with van der Waals surface area (Å²) in [5.74, 6) is 3.61. The molecule has 1 aliphatic carbocycles. The Morgan fingerprint density at radius 3 is 2.30 bits per heavy atom. The third-order valence-electron chi connectivity index (χ3n) is 5.54. The molecule has 2 aliphatic rings. The Morgan fingerprint density at radius 1 is 1.07 bits per heavy atom. The lowest BCUT2D eigenvalue weighted by atomic mass is 10.0. The lowest BCUT2D eigenvalue weighted by Crippen LogP contribution is -2.48. The van der Waals surface area contributed by atoms with Gasteiger partial charge in [0.2, 0.25) is 0 Å². The molecule has 0 radical (unpaired) electrons. The molecule has 3 rings (SSSR count). The van der Waals surface area contributed by atoms with Crippen molar-refractivity contribution >= 4 is 11.6 Å². The highest BCUT2D eigenvalue weighted by Crippen LogP contribution is 2.33. The minimum Gasteiger partial charge on any atom is -0.497 e. The Balaban J connectivity index is 1.45. The summed E-state index contributed by atoms with van der Waals surface area (Å²) in [7, 11) is 5.24. The fourth-order valence-corrected chi connectivity index (χ4v) is 3.65. The van der Waals surface area contributed by atoms with E-state index in [9.17, 15) is 0 Å². The molecule has 2 N–H and O–H groups in total. The quantitative estimate of drug-likeness (QED) is 0.416. The fraction of sp³-hybridized carbons (Fsp3) is 0.667. The molecule has 0 bridgehead atoms. The summed E-state index contributed by atoms with van der Waals surface area (Å²) in [6.45, 7) is 3.03. The van der Waals surface area contributed by atoms with Gasteiger partial charge < -0.3 is 25.0 Å². The van der Waals surface area contributed by atoms with Crippen molar-refractivity contribution in [1.29, 1.82) is 0 Å². The number of nitrogens with zero attached hydrogens (tertiary/aromatic N) is 2. The van der Waals surface area contributed by atoms with Crippen molar-refractivity contribution in [3.8, 4) is 11.5 Å². The van der Waals surface area contributed by atoms with Crippen LogP contribution >= 0.6 is 0 Å². The van der Waals surface area contributed by atoms with Crippen molar-refractivity contribution < 1.29 is 9.47 Å². The second-order valence-electron chi connectivity index (χ2n) is 7.56. The minimum atomic E-state index is 0.461. The van der Waals surface area contributed by atoms with E-state index in [0.717, 1.165) is 61.5 Å². The molecule has 0 amide bonds. The molecular formula is C21H34N4O2. The number of hydrogen-bond donors (Lipinski definition) is 2. The van der Waals surface area contributed by atoms with Gasteiger partial charge in [0.25, 0.3) is 0 Å². The minimum absolute atomic E-state index is 0.461. The van der Waals surface area contributed by atoms with E-state index < -0.39 is 0 Å². The van der Waals surface area contributed by atoms with Crippen LogP contribution in [0.2, 0.25) is 0 Å². The van der Waals surface area contributed by atoms with Crippen LogP contribution in [0.25, 0.3) is 0 Å². The molecule has 6 heteroatoms. The zero-order valence-electron chi connectivity index (χ0n) is 17.0. The van der Waals surface area contributed by atoms with Crippen LogP contribution in [0.1, 0.15) is 38.5 Å². The Labute approximate surface area is 163 Å². The van der Waals surface area contributed by atoms with Crippen LogP contribution in [0.5, 0.6) is 11.5 Å². The van der Waals surface area contributed by atoms with Gasteiger partial charge in [-0.3, -0.25) is 4.99 Å². The van der Waals surface area contributed by atoms with Gasteiger partial charge in [0.15, 0.2) is 5.96 Å². The first-order chi connectivity index (χ1) is 13.2. The summed E-state index contributed by atoms with van der Waals surface area (Å²) < 4.78 is 10.8. The molecule has 0 unspecified atom stereocenters. The van der Waals surface area contributed by atoms with Gasteiger partial charge in [-0.25, -0.2) is 0 Å². The molecular weight excluding hydrogens is 340 g/mol. The number of benzene rings is 1. The van der Waals surface area contributed by atoms with Crippen LogP contribution in [-0.2, 0) is 0 Å². The molecule has 150 valence electrons. The summed E-state index contributed by atoms with van der Waals surface area (Å²) in [6.07, 6.45) is 7.63. The fourth-order valence-electron chi connectivity index (χ4n) is 3.65. The second-order valence-corrected chi connectivity index (χ2v) is 7.56. The Morgan fingerprint density at radius 2 is 1.74 bits per heavy atom. The number of methoxy groups -OCH3 is 2. The van der Waals surface area contributed by atoms with Crippen molar-refractivity contribution in [2.45, 2.75) is 44.6 Å².